The number of nitrogens with zero attached hydrogens (tertiary/aromatic N) is 1. The Morgan fingerprint density at radius 1 is 1.50 bits per heavy atom. The van der Waals surface area contributed by atoms with Crippen LogP contribution >= 0.6 is 0 Å². The number of likely N-dealkylation sites (N-methyl/N-ethyl adjacent to an activating group) is 1. The lowest BCUT2D eigenvalue weighted by molar-refractivity contribution is 0.113. The first-order valence-electron chi connectivity index (χ1n) is 6.03. The maximum absolute atomic E-state index is 11.8. The highest BCUT2D eigenvalue weighted by Gasteiger charge is 2.42. The Labute approximate surface area is 99.2 Å². The van der Waals surface area contributed by atoms with Crippen molar-refractivity contribution in [3.05, 3.63) is 0 Å². The van der Waals surface area contributed by atoms with Crippen LogP contribution in [-0.2, 0) is 10.0 Å². The Morgan fingerprint density at radius 2 is 2.12 bits per heavy atom. The molecule has 4 nitrogen and oxygen atoms in total. The third kappa shape index (κ3) is 2.76. The van der Waals surface area contributed by atoms with E-state index in [-0.39, 0.29) is 5.54 Å². The molecule has 1 rings (SSSR count). The quantitative estimate of drug-likeness (QED) is 0.812. The van der Waals surface area contributed by atoms with E-state index >= 15 is 0 Å². The molecule has 1 fully saturated rings. The molecule has 2 N–H and O–H groups in total. The predicted molar refractivity (Wildman–Crippen MR) is 66.6 cm³/mol. The van der Waals surface area contributed by atoms with Crippen molar-refractivity contribution in [1.29, 1.82) is 0 Å². The van der Waals surface area contributed by atoms with Gasteiger partial charge in [-0.1, -0.05) is 26.7 Å². The molecule has 2 atom stereocenters. The molecule has 0 heterocycles. The van der Waals surface area contributed by atoms with Crippen molar-refractivity contribution in [2.45, 2.75) is 45.1 Å². The molecule has 0 aromatic carbocycles. The van der Waals surface area contributed by atoms with Gasteiger partial charge in [0.15, 0.2) is 0 Å². The topological polar surface area (TPSA) is 63.4 Å². The summed E-state index contributed by atoms with van der Waals surface area (Å²) >= 11 is 0. The van der Waals surface area contributed by atoms with Crippen LogP contribution in [-0.4, -0.2) is 37.6 Å². The van der Waals surface area contributed by atoms with Crippen molar-refractivity contribution >= 4 is 10.0 Å². The fraction of sp³-hybridized carbons (Fsp3) is 1.00. The number of hydrogen-bond donors (Lipinski definition) is 1. The third-order valence-corrected chi connectivity index (χ3v) is 5.11. The van der Waals surface area contributed by atoms with Crippen LogP contribution in [0, 0.1) is 5.92 Å². The van der Waals surface area contributed by atoms with Crippen molar-refractivity contribution in [3.63, 3.8) is 0 Å². The molecule has 5 heteroatoms. The molecular weight excluding hydrogens is 224 g/mol. The van der Waals surface area contributed by atoms with E-state index in [1.165, 1.54) is 12.7 Å². The fourth-order valence-corrected chi connectivity index (χ4v) is 4.48. The van der Waals surface area contributed by atoms with Gasteiger partial charge in [-0.15, -0.1) is 0 Å². The lowest BCUT2D eigenvalue weighted by Gasteiger charge is -2.45. The minimum absolute atomic E-state index is 0.333. The first kappa shape index (κ1) is 13.9. The molecule has 96 valence electrons. The predicted octanol–water partition coefficient (Wildman–Crippen LogP) is 1.18. The normalized spacial score (nSPS) is 31.9. The highest BCUT2D eigenvalue weighted by atomic mass is 32.2. The third-order valence-electron chi connectivity index (χ3n) is 3.66. The maximum Gasteiger partial charge on any atom is 0.211 e. The summed E-state index contributed by atoms with van der Waals surface area (Å²) < 4.78 is 25.2. The van der Waals surface area contributed by atoms with E-state index in [0.717, 1.165) is 19.3 Å². The summed E-state index contributed by atoms with van der Waals surface area (Å²) in [4.78, 5) is 0. The molecule has 16 heavy (non-hydrogen) atoms. The van der Waals surface area contributed by atoms with Gasteiger partial charge in [0.05, 0.1) is 6.26 Å². The van der Waals surface area contributed by atoms with Gasteiger partial charge in [-0.05, 0) is 18.8 Å². The van der Waals surface area contributed by atoms with Crippen LogP contribution in [0.4, 0.5) is 0 Å². The minimum Gasteiger partial charge on any atom is -0.329 e. The number of sulfonamides is 1. The monoisotopic (exact) mass is 248 g/mol. The van der Waals surface area contributed by atoms with Crippen LogP contribution in [0.2, 0.25) is 0 Å². The van der Waals surface area contributed by atoms with Crippen LogP contribution in [0.5, 0.6) is 0 Å². The Bertz CT molecular complexity index is 329. The molecule has 0 aliphatic heterocycles. The zero-order chi connectivity index (χ0) is 12.4. The summed E-state index contributed by atoms with van der Waals surface area (Å²) in [5.74, 6) is 0.563. The van der Waals surface area contributed by atoms with E-state index in [1.54, 1.807) is 4.31 Å². The molecule has 1 saturated carbocycles. The van der Waals surface area contributed by atoms with E-state index in [0.29, 0.717) is 19.0 Å². The summed E-state index contributed by atoms with van der Waals surface area (Å²) in [7, 11) is -3.16. The van der Waals surface area contributed by atoms with Crippen molar-refractivity contribution in [2.75, 3.05) is 19.3 Å². The number of rotatable bonds is 4. The van der Waals surface area contributed by atoms with Crippen molar-refractivity contribution in [1.82, 2.24) is 4.31 Å². The molecule has 0 aromatic rings. The van der Waals surface area contributed by atoms with Gasteiger partial charge in [-0.3, -0.25) is 0 Å². The first-order chi connectivity index (χ1) is 7.35. The minimum atomic E-state index is -3.16. The van der Waals surface area contributed by atoms with Gasteiger partial charge in [0.2, 0.25) is 10.0 Å². The van der Waals surface area contributed by atoms with Crippen molar-refractivity contribution < 1.29 is 8.42 Å². The standard InChI is InChI=1S/C11H24N2O2S/c1-4-13(16(3,14)15)11(9-12)7-5-6-10(2)8-11/h10H,4-9,12H2,1-3H3. The van der Waals surface area contributed by atoms with E-state index in [1.807, 2.05) is 6.92 Å². The van der Waals surface area contributed by atoms with Gasteiger partial charge in [0.1, 0.15) is 0 Å². The molecule has 0 aromatic heterocycles. The fourth-order valence-electron chi connectivity index (χ4n) is 3.07. The SMILES string of the molecule is CCN(C1(CN)CCCC(C)C1)S(C)(=O)=O. The lowest BCUT2D eigenvalue weighted by Crippen LogP contribution is -2.57. The molecule has 1 aliphatic carbocycles. The molecule has 0 radical (unpaired) electrons. The molecule has 1 aliphatic rings. The Balaban J connectivity index is 3.02. The zero-order valence-electron chi connectivity index (χ0n) is 10.6. The van der Waals surface area contributed by atoms with Crippen molar-refractivity contribution in [2.24, 2.45) is 11.7 Å². The van der Waals surface area contributed by atoms with Crippen LogP contribution in [0.25, 0.3) is 0 Å². The van der Waals surface area contributed by atoms with Gasteiger partial charge in [-0.25, -0.2) is 8.42 Å². The number of hydrogen-bond acceptors (Lipinski definition) is 3. The molecular formula is C11H24N2O2S. The summed E-state index contributed by atoms with van der Waals surface area (Å²) in [5, 5.41) is 0. The molecule has 0 amide bonds. The lowest BCUT2D eigenvalue weighted by atomic mass is 9.76. The zero-order valence-corrected chi connectivity index (χ0v) is 11.4. The Kier molecular flexibility index (Phi) is 4.37. The summed E-state index contributed by atoms with van der Waals surface area (Å²) in [6.07, 6.45) is 5.33. The second kappa shape index (κ2) is 5.02. The largest absolute Gasteiger partial charge is 0.329 e. The van der Waals surface area contributed by atoms with E-state index in [2.05, 4.69) is 6.92 Å². The number of nitrogens with two attached hydrogens (primary N) is 1. The van der Waals surface area contributed by atoms with Gasteiger partial charge in [0, 0.05) is 18.6 Å². The van der Waals surface area contributed by atoms with Gasteiger partial charge >= 0.3 is 0 Å². The van der Waals surface area contributed by atoms with Crippen molar-refractivity contribution in [3.8, 4) is 0 Å². The molecule has 2 unspecified atom stereocenters. The molecule has 0 bridgehead atoms. The first-order valence-corrected chi connectivity index (χ1v) is 7.88. The smallest absolute Gasteiger partial charge is 0.211 e. The molecule has 0 saturated heterocycles. The summed E-state index contributed by atoms with van der Waals surface area (Å²) in [6.45, 7) is 5.01. The highest BCUT2D eigenvalue weighted by Crippen LogP contribution is 2.37. The summed E-state index contributed by atoms with van der Waals surface area (Å²) in [6, 6.07) is 0. The average molecular weight is 248 g/mol. The van der Waals surface area contributed by atoms with Crippen LogP contribution < -0.4 is 5.73 Å². The second-order valence-electron chi connectivity index (χ2n) is 5.06. The summed E-state index contributed by atoms with van der Waals surface area (Å²) in [5.41, 5.74) is 5.53. The van der Waals surface area contributed by atoms with Crippen LogP contribution in [0.3, 0.4) is 0 Å². The van der Waals surface area contributed by atoms with Gasteiger partial charge < -0.3 is 5.73 Å². The van der Waals surface area contributed by atoms with Crippen LogP contribution in [0.1, 0.15) is 39.5 Å². The van der Waals surface area contributed by atoms with E-state index in [9.17, 15) is 8.42 Å². The Morgan fingerprint density at radius 3 is 2.50 bits per heavy atom. The highest BCUT2D eigenvalue weighted by molar-refractivity contribution is 7.88. The van der Waals surface area contributed by atoms with Crippen LogP contribution in [0.15, 0.2) is 0 Å². The van der Waals surface area contributed by atoms with E-state index in [4.69, 9.17) is 5.73 Å². The van der Waals surface area contributed by atoms with Gasteiger partial charge in [0.25, 0.3) is 0 Å². The second-order valence-corrected chi connectivity index (χ2v) is 6.96. The average Bonchev–Trinajstić information content (AvgIpc) is 2.16. The molecule has 0 spiro atoms. The van der Waals surface area contributed by atoms with Gasteiger partial charge in [-0.2, -0.15) is 4.31 Å². The van der Waals surface area contributed by atoms with E-state index < -0.39 is 10.0 Å². The maximum atomic E-state index is 11.8. The Hall–Kier alpha value is -0.130.